The highest BCUT2D eigenvalue weighted by Crippen LogP contribution is 2.17. The molecule has 3 aromatic rings. The van der Waals surface area contributed by atoms with Gasteiger partial charge in [0.1, 0.15) is 5.82 Å². The van der Waals surface area contributed by atoms with Crippen LogP contribution in [0.3, 0.4) is 0 Å². The summed E-state index contributed by atoms with van der Waals surface area (Å²) in [4.78, 5) is 17.2. The number of carbonyl (C=O) groups excluding carboxylic acids is 1. The lowest BCUT2D eigenvalue weighted by molar-refractivity contribution is 0.0977. The van der Waals surface area contributed by atoms with Crippen molar-refractivity contribution in [1.29, 1.82) is 0 Å². The molecule has 29 heavy (non-hydrogen) atoms. The third-order valence-corrected chi connectivity index (χ3v) is 7.20. The number of thiocarbonyl (C=S) groups is 1. The lowest BCUT2D eigenvalue weighted by Crippen LogP contribution is -2.29. The number of amides is 1. The van der Waals surface area contributed by atoms with Gasteiger partial charge in [-0.25, -0.2) is 17.1 Å². The average molecular weight is 453 g/mol. The van der Waals surface area contributed by atoms with Crippen molar-refractivity contribution in [2.75, 3.05) is 14.1 Å². The maximum Gasteiger partial charge on any atom is 0.257 e. The van der Waals surface area contributed by atoms with Gasteiger partial charge in [-0.3, -0.25) is 10.1 Å². The number of halogens is 1. The van der Waals surface area contributed by atoms with Crippen LogP contribution in [0.15, 0.2) is 52.4 Å². The van der Waals surface area contributed by atoms with E-state index < -0.39 is 15.9 Å². The van der Waals surface area contributed by atoms with Gasteiger partial charge in [0.25, 0.3) is 5.91 Å². The van der Waals surface area contributed by atoms with Gasteiger partial charge >= 0.3 is 0 Å². The van der Waals surface area contributed by atoms with Crippen molar-refractivity contribution in [2.24, 2.45) is 12.0 Å². The largest absolute Gasteiger partial charge is 0.319 e. The molecule has 0 atom stereocenters. The number of aryl methyl sites for hydroxylation is 1. The molecule has 2 aromatic carbocycles. The Morgan fingerprint density at radius 3 is 2.48 bits per heavy atom. The summed E-state index contributed by atoms with van der Waals surface area (Å²) < 4.78 is 41.1. The molecule has 0 radical (unpaired) electrons. The number of fused-ring (bicyclic) bond motifs is 1. The lowest BCUT2D eigenvalue weighted by Gasteiger charge is -2.11. The summed E-state index contributed by atoms with van der Waals surface area (Å²) in [6, 6.07) is 9.91. The van der Waals surface area contributed by atoms with Crippen LogP contribution in [0, 0.1) is 5.82 Å². The van der Waals surface area contributed by atoms with Crippen LogP contribution in [0.5, 0.6) is 0 Å². The summed E-state index contributed by atoms with van der Waals surface area (Å²) in [5.74, 6) is -0.858. The van der Waals surface area contributed by atoms with E-state index in [1.165, 1.54) is 61.8 Å². The normalized spacial score (nSPS) is 12.5. The molecule has 0 aliphatic carbocycles. The van der Waals surface area contributed by atoms with E-state index >= 15 is 0 Å². The molecule has 0 unspecified atom stereocenters. The SMILES string of the molecule is CN(C)S(=O)(=O)c1ccc(C(=O)NC(=S)N=c2sc3cc(F)ccc3n2C)cc1. The van der Waals surface area contributed by atoms with E-state index in [1.807, 2.05) is 0 Å². The Balaban J connectivity index is 1.80. The van der Waals surface area contributed by atoms with E-state index in [4.69, 9.17) is 12.2 Å². The molecule has 1 amide bonds. The van der Waals surface area contributed by atoms with Gasteiger partial charge in [-0.2, -0.15) is 4.99 Å². The van der Waals surface area contributed by atoms with Crippen molar-refractivity contribution in [2.45, 2.75) is 4.90 Å². The first-order valence-electron chi connectivity index (χ1n) is 8.27. The number of nitrogens with one attached hydrogen (secondary N) is 1. The second-order valence-corrected chi connectivity index (χ2v) is 9.79. The molecule has 3 rings (SSSR count). The van der Waals surface area contributed by atoms with Crippen molar-refractivity contribution < 1.29 is 17.6 Å². The first-order chi connectivity index (χ1) is 13.6. The van der Waals surface area contributed by atoms with Crippen LogP contribution in [0.1, 0.15) is 10.4 Å². The number of carbonyl (C=O) groups is 1. The zero-order chi connectivity index (χ0) is 21.3. The van der Waals surface area contributed by atoms with Gasteiger partial charge < -0.3 is 4.57 Å². The van der Waals surface area contributed by atoms with E-state index in [0.29, 0.717) is 9.50 Å². The van der Waals surface area contributed by atoms with Crippen LogP contribution in [0.4, 0.5) is 4.39 Å². The van der Waals surface area contributed by atoms with Crippen LogP contribution >= 0.6 is 23.6 Å². The highest BCUT2D eigenvalue weighted by Gasteiger charge is 2.17. The average Bonchev–Trinajstić information content (AvgIpc) is 2.96. The minimum Gasteiger partial charge on any atom is -0.319 e. The minimum absolute atomic E-state index is 0.0531. The number of hydrogen-bond acceptors (Lipinski definition) is 5. The minimum atomic E-state index is -3.57. The lowest BCUT2D eigenvalue weighted by atomic mass is 10.2. The Hall–Kier alpha value is -2.47. The second-order valence-electron chi connectivity index (χ2n) is 6.24. The summed E-state index contributed by atoms with van der Waals surface area (Å²) in [6.45, 7) is 0. The van der Waals surface area contributed by atoms with E-state index in [2.05, 4.69) is 10.3 Å². The number of thiazole rings is 1. The highest BCUT2D eigenvalue weighted by molar-refractivity contribution is 7.89. The molecule has 1 aromatic heterocycles. The Morgan fingerprint density at radius 1 is 1.21 bits per heavy atom. The van der Waals surface area contributed by atoms with Crippen LogP contribution in [0.2, 0.25) is 0 Å². The summed E-state index contributed by atoms with van der Waals surface area (Å²) >= 11 is 6.38. The molecular formula is C18H17FN4O3S3. The molecule has 0 aliphatic heterocycles. The number of rotatable bonds is 3. The van der Waals surface area contributed by atoms with Gasteiger partial charge in [-0.15, -0.1) is 0 Å². The van der Waals surface area contributed by atoms with Crippen LogP contribution in [-0.2, 0) is 17.1 Å². The molecule has 0 saturated heterocycles. The van der Waals surface area contributed by atoms with Crippen LogP contribution in [0.25, 0.3) is 10.2 Å². The first kappa shape index (κ1) is 21.2. The van der Waals surface area contributed by atoms with E-state index in [-0.39, 0.29) is 21.4 Å². The van der Waals surface area contributed by atoms with Gasteiger partial charge in [0.15, 0.2) is 4.80 Å². The van der Waals surface area contributed by atoms with Crippen molar-refractivity contribution in [3.05, 3.63) is 58.6 Å². The molecule has 0 spiro atoms. The van der Waals surface area contributed by atoms with Gasteiger partial charge in [0, 0.05) is 26.7 Å². The fraction of sp³-hybridized carbons (Fsp3) is 0.167. The molecule has 11 heteroatoms. The second kappa shape index (κ2) is 8.11. The monoisotopic (exact) mass is 452 g/mol. The van der Waals surface area contributed by atoms with Gasteiger partial charge in [0.05, 0.1) is 15.1 Å². The Labute approximate surface area is 176 Å². The predicted octanol–water partition coefficient (Wildman–Crippen LogP) is 2.24. The third kappa shape index (κ3) is 4.42. The predicted molar refractivity (Wildman–Crippen MR) is 114 cm³/mol. The van der Waals surface area contributed by atoms with Gasteiger partial charge in [-0.05, 0) is 54.7 Å². The van der Waals surface area contributed by atoms with Gasteiger partial charge in [0.2, 0.25) is 15.1 Å². The molecule has 1 heterocycles. The molecule has 0 aliphatic rings. The summed E-state index contributed by atoms with van der Waals surface area (Å²) in [6.07, 6.45) is 0. The Kier molecular flexibility index (Phi) is 5.94. The Morgan fingerprint density at radius 2 is 1.86 bits per heavy atom. The summed E-state index contributed by atoms with van der Waals surface area (Å²) in [7, 11) is 1.05. The van der Waals surface area contributed by atoms with E-state index in [1.54, 1.807) is 17.7 Å². The van der Waals surface area contributed by atoms with E-state index in [0.717, 1.165) is 9.82 Å². The molecule has 7 nitrogen and oxygen atoms in total. The van der Waals surface area contributed by atoms with Crippen molar-refractivity contribution in [3.8, 4) is 0 Å². The number of nitrogens with zero attached hydrogens (tertiary/aromatic N) is 3. The van der Waals surface area contributed by atoms with Crippen molar-refractivity contribution in [3.63, 3.8) is 0 Å². The van der Waals surface area contributed by atoms with Gasteiger partial charge in [-0.1, -0.05) is 11.3 Å². The smallest absolute Gasteiger partial charge is 0.257 e. The molecule has 0 fully saturated rings. The number of hydrogen-bond donors (Lipinski definition) is 1. The fourth-order valence-corrected chi connectivity index (χ4v) is 4.68. The summed E-state index contributed by atoms with van der Waals surface area (Å²) in [5.41, 5.74) is 1.03. The highest BCUT2D eigenvalue weighted by atomic mass is 32.2. The molecule has 152 valence electrons. The first-order valence-corrected chi connectivity index (χ1v) is 10.9. The molecule has 1 N–H and O–H groups in total. The van der Waals surface area contributed by atoms with Crippen molar-refractivity contribution in [1.82, 2.24) is 14.2 Å². The zero-order valence-electron chi connectivity index (χ0n) is 15.7. The van der Waals surface area contributed by atoms with Crippen molar-refractivity contribution >= 4 is 54.8 Å². The maximum atomic E-state index is 13.4. The summed E-state index contributed by atoms with van der Waals surface area (Å²) in [5, 5.41) is 2.44. The number of benzene rings is 2. The van der Waals surface area contributed by atoms with Crippen LogP contribution < -0.4 is 10.1 Å². The third-order valence-electron chi connectivity index (χ3n) is 4.08. The molecular weight excluding hydrogens is 435 g/mol. The quantitative estimate of drug-likeness (QED) is 0.618. The maximum absolute atomic E-state index is 13.4. The van der Waals surface area contributed by atoms with E-state index in [9.17, 15) is 17.6 Å². The van der Waals surface area contributed by atoms with Crippen LogP contribution in [-0.4, -0.2) is 42.4 Å². The number of sulfonamides is 1. The molecule has 0 bridgehead atoms. The fourth-order valence-electron chi connectivity index (χ4n) is 2.49. The topological polar surface area (TPSA) is 83.8 Å². The standard InChI is InChI=1S/C18H17FN4O3S3/c1-22(2)29(25,26)13-7-4-11(5-8-13)16(24)20-17(27)21-18-23(3)14-9-6-12(19)10-15(14)28-18/h4-10H,1-3H3,(H,20,24,27). The molecule has 0 saturated carbocycles. The Bertz CT molecular complexity index is 1280. The zero-order valence-corrected chi connectivity index (χ0v) is 18.2. The number of aromatic nitrogens is 1.